The topological polar surface area (TPSA) is 97.1 Å². The second-order valence-corrected chi connectivity index (χ2v) is 5.89. The van der Waals surface area contributed by atoms with Crippen molar-refractivity contribution in [3.05, 3.63) is 36.9 Å². The number of aromatic nitrogens is 5. The summed E-state index contributed by atoms with van der Waals surface area (Å²) >= 11 is 0. The fourth-order valence-electron chi connectivity index (χ4n) is 3.18. The molecule has 0 aromatic carbocycles. The third kappa shape index (κ3) is 2.61. The SMILES string of the molecule is CN(C)C(=O)[C@]1(c2cnccn2)CCCN1C(=O)Cn1cncn1. The van der Waals surface area contributed by atoms with Gasteiger partial charge in [-0.15, -0.1) is 0 Å². The number of hydrogen-bond donors (Lipinski definition) is 0. The molecule has 1 atom stereocenters. The van der Waals surface area contributed by atoms with Gasteiger partial charge in [-0.25, -0.2) is 9.67 Å². The molecule has 1 fully saturated rings. The predicted octanol–water partition coefficient (Wildman–Crippen LogP) is -0.326. The van der Waals surface area contributed by atoms with Crippen molar-refractivity contribution in [3.8, 4) is 0 Å². The molecule has 1 saturated heterocycles. The summed E-state index contributed by atoms with van der Waals surface area (Å²) in [4.78, 5) is 41.2. The largest absolute Gasteiger partial charge is 0.346 e. The van der Waals surface area contributed by atoms with Gasteiger partial charge in [-0.2, -0.15) is 5.10 Å². The Labute approximate surface area is 139 Å². The normalized spacial score (nSPS) is 20.2. The second-order valence-electron chi connectivity index (χ2n) is 5.89. The Balaban J connectivity index is 2.00. The maximum atomic E-state index is 13.0. The maximum absolute atomic E-state index is 13.0. The van der Waals surface area contributed by atoms with Crippen LogP contribution < -0.4 is 0 Å². The summed E-state index contributed by atoms with van der Waals surface area (Å²) in [5.41, 5.74) is -0.622. The van der Waals surface area contributed by atoms with E-state index in [0.29, 0.717) is 18.7 Å². The molecule has 9 nitrogen and oxygen atoms in total. The summed E-state index contributed by atoms with van der Waals surface area (Å²) < 4.78 is 1.45. The van der Waals surface area contributed by atoms with Crippen molar-refractivity contribution in [3.63, 3.8) is 0 Å². The fraction of sp³-hybridized carbons (Fsp3) is 0.467. The zero-order chi connectivity index (χ0) is 17.2. The lowest BCUT2D eigenvalue weighted by Crippen LogP contribution is -2.55. The summed E-state index contributed by atoms with van der Waals surface area (Å²) in [6.45, 7) is 0.520. The van der Waals surface area contributed by atoms with Crippen LogP contribution >= 0.6 is 0 Å². The van der Waals surface area contributed by atoms with Crippen LogP contribution in [-0.4, -0.2) is 67.0 Å². The molecule has 1 aliphatic heterocycles. The van der Waals surface area contributed by atoms with Gasteiger partial charge in [0.05, 0.1) is 11.9 Å². The van der Waals surface area contributed by atoms with Gasteiger partial charge in [0.2, 0.25) is 5.91 Å². The molecule has 3 rings (SSSR count). The standard InChI is InChI=1S/C15H19N7O2/c1-20(2)14(24)15(12-8-16-5-6-18-12)4-3-7-22(15)13(23)9-21-11-17-10-19-21/h5-6,8,10-11H,3-4,7,9H2,1-2H3/t15-/m1/s1. The number of hydrogen-bond acceptors (Lipinski definition) is 6. The van der Waals surface area contributed by atoms with E-state index < -0.39 is 5.54 Å². The van der Waals surface area contributed by atoms with E-state index in [1.807, 2.05) is 0 Å². The number of rotatable bonds is 4. The molecule has 0 radical (unpaired) electrons. The van der Waals surface area contributed by atoms with Gasteiger partial charge in [-0.1, -0.05) is 0 Å². The molecule has 0 aliphatic carbocycles. The van der Waals surface area contributed by atoms with Crippen LogP contribution in [0.15, 0.2) is 31.2 Å². The Hall–Kier alpha value is -2.84. The molecule has 0 spiro atoms. The van der Waals surface area contributed by atoms with Crippen LogP contribution in [0.5, 0.6) is 0 Å². The lowest BCUT2D eigenvalue weighted by molar-refractivity contribution is -0.151. The van der Waals surface area contributed by atoms with Crippen molar-refractivity contribution in [1.82, 2.24) is 34.5 Å². The van der Waals surface area contributed by atoms with Crippen molar-refractivity contribution in [2.24, 2.45) is 0 Å². The Morgan fingerprint density at radius 1 is 1.29 bits per heavy atom. The number of likely N-dealkylation sites (N-methyl/N-ethyl adjacent to an activating group) is 1. The highest BCUT2D eigenvalue weighted by atomic mass is 16.2. The fourth-order valence-corrected chi connectivity index (χ4v) is 3.18. The van der Waals surface area contributed by atoms with Crippen molar-refractivity contribution >= 4 is 11.8 Å². The van der Waals surface area contributed by atoms with Gasteiger partial charge in [0, 0.05) is 33.0 Å². The number of nitrogens with zero attached hydrogens (tertiary/aromatic N) is 7. The Morgan fingerprint density at radius 2 is 2.12 bits per heavy atom. The molecule has 0 bridgehead atoms. The predicted molar refractivity (Wildman–Crippen MR) is 83.4 cm³/mol. The summed E-state index contributed by atoms with van der Waals surface area (Å²) in [6.07, 6.45) is 8.74. The van der Waals surface area contributed by atoms with Gasteiger partial charge in [-0.3, -0.25) is 19.6 Å². The second kappa shape index (κ2) is 6.34. The van der Waals surface area contributed by atoms with Crippen LogP contribution in [0.2, 0.25) is 0 Å². The van der Waals surface area contributed by atoms with E-state index in [-0.39, 0.29) is 18.4 Å². The van der Waals surface area contributed by atoms with E-state index in [1.54, 1.807) is 37.6 Å². The minimum Gasteiger partial charge on any atom is -0.346 e. The molecule has 2 amide bonds. The Kier molecular flexibility index (Phi) is 4.24. The molecular formula is C15H19N7O2. The molecule has 3 heterocycles. The molecule has 0 saturated carbocycles. The number of amides is 2. The van der Waals surface area contributed by atoms with Crippen LogP contribution in [0, 0.1) is 0 Å². The highest BCUT2D eigenvalue weighted by Gasteiger charge is 2.53. The van der Waals surface area contributed by atoms with Gasteiger partial charge in [0.15, 0.2) is 5.54 Å². The van der Waals surface area contributed by atoms with Crippen molar-refractivity contribution in [2.45, 2.75) is 24.9 Å². The zero-order valence-electron chi connectivity index (χ0n) is 13.7. The Bertz CT molecular complexity index is 717. The molecule has 1 aliphatic rings. The lowest BCUT2D eigenvalue weighted by atomic mass is 9.90. The molecular weight excluding hydrogens is 310 g/mol. The van der Waals surface area contributed by atoms with Gasteiger partial charge < -0.3 is 9.80 Å². The molecule has 2 aromatic heterocycles. The van der Waals surface area contributed by atoms with Gasteiger partial charge >= 0.3 is 0 Å². The minimum atomic E-state index is -1.12. The van der Waals surface area contributed by atoms with E-state index in [1.165, 1.54) is 22.2 Å². The minimum absolute atomic E-state index is 0.0305. The zero-order valence-corrected chi connectivity index (χ0v) is 13.7. The average Bonchev–Trinajstić information content (AvgIpc) is 3.24. The third-order valence-electron chi connectivity index (χ3n) is 4.19. The van der Waals surface area contributed by atoms with Crippen LogP contribution in [0.1, 0.15) is 18.5 Å². The van der Waals surface area contributed by atoms with E-state index in [4.69, 9.17) is 0 Å². The van der Waals surface area contributed by atoms with Crippen LogP contribution in [-0.2, 0) is 21.7 Å². The van der Waals surface area contributed by atoms with Crippen molar-refractivity contribution < 1.29 is 9.59 Å². The van der Waals surface area contributed by atoms with Crippen LogP contribution in [0.4, 0.5) is 0 Å². The van der Waals surface area contributed by atoms with Crippen molar-refractivity contribution in [1.29, 1.82) is 0 Å². The molecule has 0 N–H and O–H groups in total. The first-order chi connectivity index (χ1) is 11.6. The highest BCUT2D eigenvalue weighted by molar-refractivity contribution is 5.92. The van der Waals surface area contributed by atoms with Crippen LogP contribution in [0.3, 0.4) is 0 Å². The van der Waals surface area contributed by atoms with Crippen LogP contribution in [0.25, 0.3) is 0 Å². The van der Waals surface area contributed by atoms with Crippen molar-refractivity contribution in [2.75, 3.05) is 20.6 Å². The monoisotopic (exact) mass is 329 g/mol. The third-order valence-corrected chi connectivity index (χ3v) is 4.19. The van der Waals surface area contributed by atoms with Gasteiger partial charge in [-0.05, 0) is 12.8 Å². The summed E-state index contributed by atoms with van der Waals surface area (Å²) in [5, 5.41) is 3.96. The lowest BCUT2D eigenvalue weighted by Gasteiger charge is -2.38. The Morgan fingerprint density at radius 3 is 2.75 bits per heavy atom. The number of likely N-dealkylation sites (tertiary alicyclic amines) is 1. The first-order valence-electron chi connectivity index (χ1n) is 7.67. The molecule has 2 aromatic rings. The molecule has 9 heteroatoms. The highest BCUT2D eigenvalue weighted by Crippen LogP contribution is 2.39. The summed E-state index contributed by atoms with van der Waals surface area (Å²) in [5.74, 6) is -0.369. The first-order valence-corrected chi connectivity index (χ1v) is 7.67. The smallest absolute Gasteiger partial charge is 0.254 e. The summed E-state index contributed by atoms with van der Waals surface area (Å²) in [6, 6.07) is 0. The van der Waals surface area contributed by atoms with Gasteiger partial charge in [0.1, 0.15) is 19.2 Å². The molecule has 24 heavy (non-hydrogen) atoms. The quantitative estimate of drug-likeness (QED) is 0.762. The summed E-state index contributed by atoms with van der Waals surface area (Å²) in [7, 11) is 3.36. The number of carbonyl (C=O) groups is 2. The van der Waals surface area contributed by atoms with E-state index >= 15 is 0 Å². The average molecular weight is 329 g/mol. The maximum Gasteiger partial charge on any atom is 0.254 e. The molecule has 126 valence electrons. The first kappa shape index (κ1) is 16.0. The number of carbonyl (C=O) groups excluding carboxylic acids is 2. The van der Waals surface area contributed by atoms with E-state index in [0.717, 1.165) is 6.42 Å². The van der Waals surface area contributed by atoms with E-state index in [2.05, 4.69) is 20.1 Å². The van der Waals surface area contributed by atoms with Gasteiger partial charge in [0.25, 0.3) is 5.91 Å². The van der Waals surface area contributed by atoms with E-state index in [9.17, 15) is 9.59 Å². The molecule has 0 unspecified atom stereocenters.